The molecule has 0 N–H and O–H groups in total. The second kappa shape index (κ2) is 4.54. The molecule has 0 unspecified atom stereocenters. The van der Waals surface area contributed by atoms with Crippen molar-refractivity contribution in [3.8, 4) is 11.1 Å². The number of aryl methyl sites for hydroxylation is 1. The van der Waals surface area contributed by atoms with E-state index in [9.17, 15) is 0 Å². The molecule has 1 nitrogen and oxygen atoms in total. The zero-order chi connectivity index (χ0) is 12.7. The van der Waals surface area contributed by atoms with Crippen LogP contribution in [-0.4, -0.2) is 4.98 Å². The van der Waals surface area contributed by atoms with Crippen LogP contribution in [0.1, 0.15) is 4.88 Å². The summed E-state index contributed by atoms with van der Waals surface area (Å²) >= 11 is 13.9. The zero-order valence-corrected chi connectivity index (χ0v) is 11.9. The number of hydrogen-bond acceptors (Lipinski definition) is 2. The maximum atomic E-state index is 6.31. The second-order valence-electron chi connectivity index (χ2n) is 4.01. The van der Waals surface area contributed by atoms with Crippen molar-refractivity contribution in [3.05, 3.63) is 51.5 Å². The summed E-state index contributed by atoms with van der Waals surface area (Å²) in [7, 11) is 0. The molecule has 0 bridgehead atoms. The quantitative estimate of drug-likeness (QED) is 0.534. The SMILES string of the molecule is Cc1sc2nc(Cl)cc(Cl)c2c1-c1ccccc1. The number of fused-ring (bicyclic) bond motifs is 1. The van der Waals surface area contributed by atoms with Gasteiger partial charge in [0.1, 0.15) is 9.98 Å². The lowest BCUT2D eigenvalue weighted by atomic mass is 10.0. The molecule has 0 saturated heterocycles. The summed E-state index contributed by atoms with van der Waals surface area (Å²) < 4.78 is 0. The Kier molecular flexibility index (Phi) is 3.02. The van der Waals surface area contributed by atoms with E-state index in [4.69, 9.17) is 23.2 Å². The Bertz CT molecular complexity index is 719. The fourth-order valence-corrected chi connectivity index (χ4v) is 3.80. The van der Waals surface area contributed by atoms with Gasteiger partial charge in [-0.3, -0.25) is 0 Å². The molecule has 0 radical (unpaired) electrons. The van der Waals surface area contributed by atoms with Gasteiger partial charge in [0.15, 0.2) is 0 Å². The predicted molar refractivity (Wildman–Crippen MR) is 79.8 cm³/mol. The minimum atomic E-state index is 0.438. The number of thiophene rings is 1. The molecular formula is C14H9Cl2NS. The van der Waals surface area contributed by atoms with E-state index < -0.39 is 0 Å². The van der Waals surface area contributed by atoms with Gasteiger partial charge in [-0.15, -0.1) is 11.3 Å². The van der Waals surface area contributed by atoms with Crippen molar-refractivity contribution in [2.45, 2.75) is 6.92 Å². The molecular weight excluding hydrogens is 285 g/mol. The predicted octanol–water partition coefficient (Wildman–Crippen LogP) is 5.58. The molecule has 0 saturated carbocycles. The highest BCUT2D eigenvalue weighted by molar-refractivity contribution is 7.19. The normalized spacial score (nSPS) is 11.1. The largest absolute Gasteiger partial charge is 0.225 e. The summed E-state index contributed by atoms with van der Waals surface area (Å²) in [5.74, 6) is 0. The van der Waals surface area contributed by atoms with E-state index >= 15 is 0 Å². The summed E-state index contributed by atoms with van der Waals surface area (Å²) in [6, 6.07) is 11.9. The lowest BCUT2D eigenvalue weighted by Crippen LogP contribution is -1.80. The first-order valence-electron chi connectivity index (χ1n) is 5.47. The van der Waals surface area contributed by atoms with Gasteiger partial charge >= 0.3 is 0 Å². The molecule has 0 spiro atoms. The van der Waals surface area contributed by atoms with E-state index in [2.05, 4.69) is 24.0 Å². The molecule has 1 aromatic carbocycles. The van der Waals surface area contributed by atoms with Crippen LogP contribution >= 0.6 is 34.5 Å². The minimum absolute atomic E-state index is 0.438. The third-order valence-corrected chi connectivity index (χ3v) is 4.31. The molecule has 0 atom stereocenters. The highest BCUT2D eigenvalue weighted by Crippen LogP contribution is 2.41. The van der Waals surface area contributed by atoms with Gasteiger partial charge in [0.05, 0.1) is 5.02 Å². The van der Waals surface area contributed by atoms with Crippen LogP contribution in [0.2, 0.25) is 10.2 Å². The monoisotopic (exact) mass is 293 g/mol. The maximum Gasteiger partial charge on any atom is 0.132 e. The van der Waals surface area contributed by atoms with Gasteiger partial charge in [-0.1, -0.05) is 53.5 Å². The van der Waals surface area contributed by atoms with Crippen LogP contribution in [0.5, 0.6) is 0 Å². The Balaban J connectivity index is 2.40. The standard InChI is InChI=1S/C14H9Cl2NS/c1-8-12(9-5-3-2-4-6-9)13-10(15)7-11(16)17-14(13)18-8/h2-7H,1H3. The van der Waals surface area contributed by atoms with Crippen LogP contribution in [0.15, 0.2) is 36.4 Å². The van der Waals surface area contributed by atoms with E-state index in [1.54, 1.807) is 17.4 Å². The third-order valence-electron chi connectivity index (χ3n) is 2.82. The van der Waals surface area contributed by atoms with Gasteiger partial charge in [0, 0.05) is 15.8 Å². The maximum absolute atomic E-state index is 6.31. The molecule has 3 aromatic rings. The van der Waals surface area contributed by atoms with Gasteiger partial charge in [0.25, 0.3) is 0 Å². The topological polar surface area (TPSA) is 12.9 Å². The number of halogens is 2. The van der Waals surface area contributed by atoms with Crippen molar-refractivity contribution in [2.24, 2.45) is 0 Å². The van der Waals surface area contributed by atoms with Crippen LogP contribution in [-0.2, 0) is 0 Å². The number of nitrogens with zero attached hydrogens (tertiary/aromatic N) is 1. The zero-order valence-electron chi connectivity index (χ0n) is 9.58. The molecule has 0 fully saturated rings. The highest BCUT2D eigenvalue weighted by Gasteiger charge is 2.15. The highest BCUT2D eigenvalue weighted by atomic mass is 35.5. The summed E-state index contributed by atoms with van der Waals surface area (Å²) in [4.78, 5) is 6.44. The van der Waals surface area contributed by atoms with Crippen molar-refractivity contribution < 1.29 is 0 Å². The summed E-state index contributed by atoms with van der Waals surface area (Å²) in [6.45, 7) is 2.08. The molecule has 90 valence electrons. The molecule has 2 aromatic heterocycles. The van der Waals surface area contributed by atoms with Gasteiger partial charge in [0.2, 0.25) is 0 Å². The molecule has 0 amide bonds. The Hall–Kier alpha value is -1.09. The number of benzene rings is 1. The Morgan fingerprint density at radius 3 is 2.56 bits per heavy atom. The lowest BCUT2D eigenvalue weighted by Gasteiger charge is -2.03. The van der Waals surface area contributed by atoms with Crippen molar-refractivity contribution in [3.63, 3.8) is 0 Å². The Labute approximate surface area is 119 Å². The summed E-state index contributed by atoms with van der Waals surface area (Å²) in [6.07, 6.45) is 0. The number of hydrogen-bond donors (Lipinski definition) is 0. The van der Waals surface area contributed by atoms with Gasteiger partial charge < -0.3 is 0 Å². The first-order chi connectivity index (χ1) is 8.66. The molecule has 4 heteroatoms. The first kappa shape index (κ1) is 12.0. The van der Waals surface area contributed by atoms with Crippen LogP contribution in [0.3, 0.4) is 0 Å². The average molecular weight is 294 g/mol. The molecule has 0 aliphatic heterocycles. The average Bonchev–Trinajstić information content (AvgIpc) is 2.66. The van der Waals surface area contributed by atoms with Crippen LogP contribution < -0.4 is 0 Å². The van der Waals surface area contributed by atoms with Crippen molar-refractivity contribution in [1.82, 2.24) is 4.98 Å². The van der Waals surface area contributed by atoms with Crippen molar-refractivity contribution >= 4 is 44.8 Å². The fraction of sp³-hybridized carbons (Fsp3) is 0.0714. The number of aromatic nitrogens is 1. The van der Waals surface area contributed by atoms with Crippen LogP contribution in [0.25, 0.3) is 21.3 Å². The Morgan fingerprint density at radius 1 is 1.11 bits per heavy atom. The van der Waals surface area contributed by atoms with E-state index in [-0.39, 0.29) is 0 Å². The summed E-state index contributed by atoms with van der Waals surface area (Å²) in [5, 5.41) is 2.09. The third kappa shape index (κ3) is 1.91. The van der Waals surface area contributed by atoms with E-state index in [0.717, 1.165) is 21.3 Å². The molecule has 0 aliphatic carbocycles. The Morgan fingerprint density at radius 2 is 1.83 bits per heavy atom. The molecule has 3 rings (SSSR count). The van der Waals surface area contributed by atoms with Crippen molar-refractivity contribution in [2.75, 3.05) is 0 Å². The van der Waals surface area contributed by atoms with E-state index in [0.29, 0.717) is 10.2 Å². The fourth-order valence-electron chi connectivity index (χ4n) is 2.09. The van der Waals surface area contributed by atoms with E-state index in [1.807, 2.05) is 18.2 Å². The first-order valence-corrected chi connectivity index (χ1v) is 7.04. The van der Waals surface area contributed by atoms with Gasteiger partial charge in [-0.2, -0.15) is 0 Å². The smallest absolute Gasteiger partial charge is 0.132 e. The number of pyridine rings is 1. The summed E-state index contributed by atoms with van der Waals surface area (Å²) in [5.41, 5.74) is 2.32. The minimum Gasteiger partial charge on any atom is -0.225 e. The van der Waals surface area contributed by atoms with Crippen molar-refractivity contribution in [1.29, 1.82) is 0 Å². The van der Waals surface area contributed by atoms with Crippen LogP contribution in [0, 0.1) is 6.92 Å². The van der Waals surface area contributed by atoms with Crippen LogP contribution in [0.4, 0.5) is 0 Å². The lowest BCUT2D eigenvalue weighted by molar-refractivity contribution is 1.44. The van der Waals surface area contributed by atoms with E-state index in [1.165, 1.54) is 4.88 Å². The van der Waals surface area contributed by atoms with Gasteiger partial charge in [-0.05, 0) is 18.6 Å². The molecule has 18 heavy (non-hydrogen) atoms. The second-order valence-corrected chi connectivity index (χ2v) is 6.00. The molecule has 0 aliphatic rings. The molecule has 2 heterocycles. The van der Waals surface area contributed by atoms with Gasteiger partial charge in [-0.25, -0.2) is 4.98 Å². The number of rotatable bonds is 1.